The lowest BCUT2D eigenvalue weighted by molar-refractivity contribution is -0.195. The minimum atomic E-state index is -5.43. The van der Waals surface area contributed by atoms with Crippen LogP contribution in [0.25, 0.3) is 11.1 Å². The number of halogens is 10. The zero-order chi connectivity index (χ0) is 34.9. The van der Waals surface area contributed by atoms with Gasteiger partial charge in [-0.3, -0.25) is 9.48 Å². The molecule has 20 heteroatoms. The van der Waals surface area contributed by atoms with Gasteiger partial charge in [-0.25, -0.2) is 14.2 Å². The van der Waals surface area contributed by atoms with Crippen LogP contribution in [0.4, 0.5) is 72.7 Å². The maximum Gasteiger partial charge on any atom is 0.491 e. The van der Waals surface area contributed by atoms with Crippen LogP contribution in [0.15, 0.2) is 67.2 Å². The molecule has 0 radical (unpaired) electrons. The van der Waals surface area contributed by atoms with Gasteiger partial charge in [-0.1, -0.05) is 18.7 Å². The van der Waals surface area contributed by atoms with Gasteiger partial charge in [0.15, 0.2) is 11.5 Å². The first-order chi connectivity index (χ1) is 21.7. The smallest absolute Gasteiger partial charge is 0.415 e. The molecular weight excluding hydrogens is 660 g/mol. The van der Waals surface area contributed by atoms with Crippen molar-refractivity contribution in [3.8, 4) is 11.1 Å². The molecule has 4 rings (SSSR count). The SMILES string of the molecule is C=C(OC(=O)C(F)(F)F)C(=O)Nc1ccc(F)c(Nc2nc(Nc3cn(C)nc3C(F)(F)F)ncc2-c2ccc(C(F)(F)F)cc2)c1. The molecule has 0 fully saturated rings. The second-order valence-corrected chi connectivity index (χ2v) is 9.30. The lowest BCUT2D eigenvalue weighted by Crippen LogP contribution is -2.28. The van der Waals surface area contributed by atoms with Crippen LogP contribution in [0.1, 0.15) is 11.3 Å². The van der Waals surface area contributed by atoms with E-state index >= 15 is 0 Å². The summed E-state index contributed by atoms with van der Waals surface area (Å²) in [6.07, 6.45) is -13.0. The third-order valence-electron chi connectivity index (χ3n) is 5.83. The van der Waals surface area contributed by atoms with Gasteiger partial charge in [0.1, 0.15) is 11.6 Å². The van der Waals surface area contributed by atoms with Crippen LogP contribution in [0, 0.1) is 5.82 Å². The van der Waals surface area contributed by atoms with E-state index in [2.05, 4.69) is 37.0 Å². The first kappa shape index (κ1) is 34.2. The van der Waals surface area contributed by atoms with E-state index in [0.29, 0.717) is 0 Å². The van der Waals surface area contributed by atoms with Crippen LogP contribution in [-0.4, -0.2) is 37.8 Å². The van der Waals surface area contributed by atoms with Crippen LogP contribution in [0.5, 0.6) is 0 Å². The van der Waals surface area contributed by atoms with Crippen molar-refractivity contribution >= 4 is 40.7 Å². The molecule has 10 nitrogen and oxygen atoms in total. The summed E-state index contributed by atoms with van der Waals surface area (Å²) in [7, 11) is 1.21. The number of anilines is 5. The Bertz CT molecular complexity index is 1830. The van der Waals surface area contributed by atoms with Gasteiger partial charge in [-0.05, 0) is 35.9 Å². The number of esters is 1. The van der Waals surface area contributed by atoms with E-state index < -0.39 is 70.6 Å². The number of ether oxygens (including phenoxy) is 1. The molecule has 1 amide bonds. The van der Waals surface area contributed by atoms with Crippen molar-refractivity contribution in [1.82, 2.24) is 19.7 Å². The van der Waals surface area contributed by atoms with Gasteiger partial charge < -0.3 is 20.7 Å². The maximum atomic E-state index is 14.9. The van der Waals surface area contributed by atoms with Crippen molar-refractivity contribution in [3.63, 3.8) is 0 Å². The predicted octanol–water partition coefficient (Wildman–Crippen LogP) is 7.10. The molecule has 2 aromatic heterocycles. The van der Waals surface area contributed by atoms with Crippen molar-refractivity contribution in [1.29, 1.82) is 0 Å². The number of hydrogen-bond acceptors (Lipinski definition) is 8. The van der Waals surface area contributed by atoms with Crippen molar-refractivity contribution in [2.75, 3.05) is 16.0 Å². The molecule has 3 N–H and O–H groups in total. The molecule has 0 unspecified atom stereocenters. The zero-order valence-corrected chi connectivity index (χ0v) is 23.2. The number of rotatable bonds is 8. The van der Waals surface area contributed by atoms with Crippen molar-refractivity contribution < 1.29 is 58.2 Å². The Labute approximate surface area is 256 Å². The molecule has 0 saturated heterocycles. The molecule has 47 heavy (non-hydrogen) atoms. The number of nitrogens with one attached hydrogen (secondary N) is 3. The number of carbonyl (C=O) groups excluding carboxylic acids is 2. The van der Waals surface area contributed by atoms with E-state index in [4.69, 9.17) is 0 Å². The Morgan fingerprint density at radius 2 is 1.55 bits per heavy atom. The number of hydrogen-bond donors (Lipinski definition) is 3. The normalized spacial score (nSPS) is 12.0. The lowest BCUT2D eigenvalue weighted by Gasteiger charge is -2.16. The predicted molar refractivity (Wildman–Crippen MR) is 144 cm³/mol. The number of benzene rings is 2. The summed E-state index contributed by atoms with van der Waals surface area (Å²) < 4.78 is 137. The highest BCUT2D eigenvalue weighted by Gasteiger charge is 2.42. The number of aryl methyl sites for hydroxylation is 1. The second-order valence-electron chi connectivity index (χ2n) is 9.30. The fraction of sp³-hybridized carbons (Fsp3) is 0.148. The van der Waals surface area contributed by atoms with E-state index in [1.807, 2.05) is 5.32 Å². The van der Waals surface area contributed by atoms with Gasteiger partial charge in [0, 0.05) is 30.7 Å². The molecule has 2 heterocycles. The third kappa shape index (κ3) is 8.32. The average Bonchev–Trinajstić information content (AvgIpc) is 3.34. The largest absolute Gasteiger partial charge is 0.491 e. The van der Waals surface area contributed by atoms with E-state index in [1.165, 1.54) is 7.05 Å². The highest BCUT2D eigenvalue weighted by Crippen LogP contribution is 2.37. The van der Waals surface area contributed by atoms with Crippen LogP contribution >= 0.6 is 0 Å². The highest BCUT2D eigenvalue weighted by atomic mass is 19.4. The molecule has 0 atom stereocenters. The van der Waals surface area contributed by atoms with Crippen molar-refractivity contribution in [3.05, 3.63) is 84.3 Å². The summed E-state index contributed by atoms with van der Waals surface area (Å²) in [5.41, 5.74) is -3.70. The van der Waals surface area contributed by atoms with Gasteiger partial charge in [0.25, 0.3) is 5.91 Å². The van der Waals surface area contributed by atoms with Gasteiger partial charge in [-0.2, -0.15) is 49.6 Å². The van der Waals surface area contributed by atoms with E-state index in [-0.39, 0.29) is 22.6 Å². The number of nitrogens with zero attached hydrogens (tertiary/aromatic N) is 4. The summed E-state index contributed by atoms with van der Waals surface area (Å²) in [6, 6.07) is 6.17. The fourth-order valence-corrected chi connectivity index (χ4v) is 3.74. The Balaban J connectivity index is 1.70. The molecule has 4 aromatic rings. The first-order valence-corrected chi connectivity index (χ1v) is 12.5. The summed E-state index contributed by atoms with van der Waals surface area (Å²) in [4.78, 5) is 31.2. The topological polar surface area (TPSA) is 123 Å². The summed E-state index contributed by atoms with van der Waals surface area (Å²) in [6.45, 7) is 2.93. The van der Waals surface area contributed by atoms with Crippen molar-refractivity contribution in [2.24, 2.45) is 7.05 Å². The fourth-order valence-electron chi connectivity index (χ4n) is 3.74. The van der Waals surface area contributed by atoms with Crippen LogP contribution in [0.3, 0.4) is 0 Å². The average molecular weight is 677 g/mol. The molecule has 248 valence electrons. The van der Waals surface area contributed by atoms with E-state index in [0.717, 1.165) is 59.5 Å². The van der Waals surface area contributed by atoms with Crippen LogP contribution in [0.2, 0.25) is 0 Å². The molecule has 0 aliphatic carbocycles. The van der Waals surface area contributed by atoms with Crippen LogP contribution in [-0.2, 0) is 33.7 Å². The monoisotopic (exact) mass is 677 g/mol. The molecule has 0 aliphatic heterocycles. The number of alkyl halides is 9. The standard InChI is InChI=1S/C27H17F10N7O3/c1-12(47-23(46)27(35,36)37)22(45)39-15-7-8-17(28)18(9-15)40-21-16(13-3-5-14(6-4-13)25(29,30)31)10-38-24(42-21)41-19-11-44(2)43-20(19)26(32,33)34/h3-11H,1H2,2H3,(H,39,45)(H2,38,40,41,42). The van der Waals surface area contributed by atoms with E-state index in [9.17, 15) is 53.5 Å². The number of carbonyl (C=O) groups is 2. The van der Waals surface area contributed by atoms with E-state index in [1.54, 1.807) is 0 Å². The maximum absolute atomic E-state index is 14.9. The molecule has 0 bridgehead atoms. The Hall–Kier alpha value is -5.69. The summed E-state index contributed by atoms with van der Waals surface area (Å²) in [5.74, 6) is -7.27. The molecule has 0 spiro atoms. The Morgan fingerprint density at radius 1 is 0.894 bits per heavy atom. The van der Waals surface area contributed by atoms with Gasteiger partial charge >= 0.3 is 24.5 Å². The van der Waals surface area contributed by atoms with Gasteiger partial charge in [0.2, 0.25) is 5.95 Å². The number of aromatic nitrogens is 4. The quantitative estimate of drug-likeness (QED) is 0.0782. The van der Waals surface area contributed by atoms with Crippen LogP contribution < -0.4 is 16.0 Å². The molecule has 0 aliphatic rings. The zero-order valence-electron chi connectivity index (χ0n) is 23.2. The molecule has 2 aromatic carbocycles. The summed E-state index contributed by atoms with van der Waals surface area (Å²) >= 11 is 0. The highest BCUT2D eigenvalue weighted by molar-refractivity contribution is 6.03. The Kier molecular flexibility index (Phi) is 9.17. The van der Waals surface area contributed by atoms with Gasteiger partial charge in [-0.15, -0.1) is 0 Å². The molecule has 0 saturated carbocycles. The van der Waals surface area contributed by atoms with Crippen molar-refractivity contribution in [2.45, 2.75) is 18.5 Å². The minimum absolute atomic E-state index is 0.0528. The Morgan fingerprint density at radius 3 is 2.15 bits per heavy atom. The third-order valence-corrected chi connectivity index (χ3v) is 5.83. The molecular formula is C27H17F10N7O3. The van der Waals surface area contributed by atoms with Gasteiger partial charge in [0.05, 0.1) is 16.9 Å². The second kappa shape index (κ2) is 12.6. The number of amides is 1. The lowest BCUT2D eigenvalue weighted by atomic mass is 10.1. The minimum Gasteiger partial charge on any atom is -0.415 e. The first-order valence-electron chi connectivity index (χ1n) is 12.5. The summed E-state index contributed by atoms with van der Waals surface area (Å²) in [5, 5.41) is 10.2.